The Morgan fingerprint density at radius 2 is 1.73 bits per heavy atom. The average Bonchev–Trinajstić information content (AvgIpc) is 2.09. The first kappa shape index (κ1) is 12.5. The highest BCUT2D eigenvalue weighted by molar-refractivity contribution is 6.34. The van der Waals surface area contributed by atoms with Gasteiger partial charge in [-0.2, -0.15) is 13.2 Å². The van der Waals surface area contributed by atoms with Crippen molar-refractivity contribution in [2.45, 2.75) is 18.7 Å². The predicted molar refractivity (Wildman–Crippen MR) is 47.8 cm³/mol. The van der Waals surface area contributed by atoms with Gasteiger partial charge in [0.05, 0.1) is 0 Å². The highest BCUT2D eigenvalue weighted by Gasteiger charge is 2.39. The Balaban J connectivity index is 2.90. The lowest BCUT2D eigenvalue weighted by atomic mass is 10.1. The summed E-state index contributed by atoms with van der Waals surface area (Å²) >= 11 is 11.0. The van der Waals surface area contributed by atoms with Crippen LogP contribution in [0.1, 0.15) is 5.56 Å². The van der Waals surface area contributed by atoms with Crippen molar-refractivity contribution in [3.8, 4) is 0 Å². The summed E-state index contributed by atoms with van der Waals surface area (Å²) in [6, 6.07) is 0. The first-order valence-electron chi connectivity index (χ1n) is 3.72. The molecule has 0 radical (unpaired) electrons. The fourth-order valence-corrected chi connectivity index (χ4v) is 1.32. The molecule has 15 heavy (non-hydrogen) atoms. The van der Waals surface area contributed by atoms with Gasteiger partial charge in [-0.3, -0.25) is 0 Å². The summed E-state index contributed by atoms with van der Waals surface area (Å²) in [5, 5.41) is 8.40. The molecule has 0 aliphatic rings. The summed E-state index contributed by atoms with van der Waals surface area (Å²) < 4.78 is 36.1. The van der Waals surface area contributed by atoms with E-state index in [1.165, 1.54) is 0 Å². The van der Waals surface area contributed by atoms with Crippen LogP contribution in [0.4, 0.5) is 13.2 Å². The first-order valence-corrected chi connectivity index (χ1v) is 4.47. The monoisotopic (exact) mass is 260 g/mol. The molecule has 3 nitrogen and oxygen atoms in total. The molecule has 0 aliphatic heterocycles. The lowest BCUT2D eigenvalue weighted by molar-refractivity contribution is -0.203. The van der Waals surface area contributed by atoms with Gasteiger partial charge in [-0.1, -0.05) is 23.2 Å². The average molecular weight is 261 g/mol. The van der Waals surface area contributed by atoms with Crippen molar-refractivity contribution in [1.82, 2.24) is 9.97 Å². The second kappa shape index (κ2) is 4.51. The Morgan fingerprint density at radius 3 is 2.13 bits per heavy atom. The molecule has 1 aromatic heterocycles. The zero-order valence-corrected chi connectivity index (χ0v) is 8.61. The SMILES string of the molecule is OC(Cc1c(Cl)ncnc1Cl)C(F)(F)F. The van der Waals surface area contributed by atoms with E-state index in [-0.39, 0.29) is 15.9 Å². The van der Waals surface area contributed by atoms with Crippen LogP contribution in [0.15, 0.2) is 6.33 Å². The minimum absolute atomic E-state index is 0.120. The molecular formula is C7H5Cl2F3N2O. The molecule has 0 aliphatic carbocycles. The molecule has 1 atom stereocenters. The van der Waals surface area contributed by atoms with E-state index in [0.717, 1.165) is 6.33 Å². The van der Waals surface area contributed by atoms with Gasteiger partial charge in [0.25, 0.3) is 0 Å². The van der Waals surface area contributed by atoms with E-state index in [1.54, 1.807) is 0 Å². The van der Waals surface area contributed by atoms with Gasteiger partial charge >= 0.3 is 6.18 Å². The van der Waals surface area contributed by atoms with Crippen LogP contribution >= 0.6 is 23.2 Å². The molecule has 1 aromatic rings. The van der Waals surface area contributed by atoms with Gasteiger partial charge in [-0.25, -0.2) is 9.97 Å². The van der Waals surface area contributed by atoms with Crippen molar-refractivity contribution < 1.29 is 18.3 Å². The van der Waals surface area contributed by atoms with Crippen LogP contribution in [0.3, 0.4) is 0 Å². The van der Waals surface area contributed by atoms with Gasteiger partial charge in [-0.15, -0.1) is 0 Å². The molecule has 0 saturated heterocycles. The quantitative estimate of drug-likeness (QED) is 0.830. The number of alkyl halides is 3. The van der Waals surface area contributed by atoms with Crippen molar-refractivity contribution >= 4 is 23.2 Å². The summed E-state index contributed by atoms with van der Waals surface area (Å²) in [5.74, 6) is 0. The maximum atomic E-state index is 12.0. The Kier molecular flexibility index (Phi) is 3.75. The molecule has 1 N–H and O–H groups in total. The Hall–Kier alpha value is -0.590. The molecule has 8 heteroatoms. The molecule has 1 unspecified atom stereocenters. The minimum atomic E-state index is -4.72. The summed E-state index contributed by atoms with van der Waals surface area (Å²) in [5.41, 5.74) is -0.120. The summed E-state index contributed by atoms with van der Waals surface area (Å²) in [6.45, 7) is 0. The number of aliphatic hydroxyl groups is 1. The van der Waals surface area contributed by atoms with Crippen LogP contribution in [0.25, 0.3) is 0 Å². The van der Waals surface area contributed by atoms with Gasteiger partial charge in [0.1, 0.15) is 16.6 Å². The number of aliphatic hydroxyl groups excluding tert-OH is 1. The van der Waals surface area contributed by atoms with E-state index < -0.39 is 18.7 Å². The Bertz CT molecular complexity index is 338. The third-order valence-electron chi connectivity index (χ3n) is 1.62. The molecular weight excluding hydrogens is 256 g/mol. The molecule has 0 saturated carbocycles. The van der Waals surface area contributed by atoms with Crippen LogP contribution in [0, 0.1) is 0 Å². The second-order valence-electron chi connectivity index (χ2n) is 2.70. The first-order chi connectivity index (χ1) is 6.82. The van der Waals surface area contributed by atoms with Crippen LogP contribution in [-0.2, 0) is 6.42 Å². The lowest BCUT2D eigenvalue weighted by Crippen LogP contribution is -2.30. The zero-order valence-electron chi connectivity index (χ0n) is 7.09. The van der Waals surface area contributed by atoms with Crippen molar-refractivity contribution in [2.24, 2.45) is 0 Å². The molecule has 1 heterocycles. The zero-order chi connectivity index (χ0) is 11.6. The topological polar surface area (TPSA) is 46.0 Å². The van der Waals surface area contributed by atoms with Crippen molar-refractivity contribution in [2.75, 3.05) is 0 Å². The molecule has 84 valence electrons. The molecule has 0 aromatic carbocycles. The van der Waals surface area contributed by atoms with Crippen molar-refractivity contribution in [3.63, 3.8) is 0 Å². The van der Waals surface area contributed by atoms with Gasteiger partial charge in [0.2, 0.25) is 0 Å². The normalized spacial score (nSPS) is 14.0. The number of hydrogen-bond donors (Lipinski definition) is 1. The van der Waals surface area contributed by atoms with E-state index in [1.807, 2.05) is 0 Å². The lowest BCUT2D eigenvalue weighted by Gasteiger charge is -2.14. The van der Waals surface area contributed by atoms with Crippen molar-refractivity contribution in [1.29, 1.82) is 0 Å². The van der Waals surface area contributed by atoms with E-state index in [9.17, 15) is 13.2 Å². The number of rotatable bonds is 2. The molecule has 0 fully saturated rings. The maximum absolute atomic E-state index is 12.0. The van der Waals surface area contributed by atoms with Gasteiger partial charge in [0.15, 0.2) is 6.10 Å². The molecule has 0 bridgehead atoms. The smallest absolute Gasteiger partial charge is 0.383 e. The number of halogens is 5. The standard InChI is InChI=1S/C7H5Cl2F3N2O/c8-5-3(6(9)14-2-13-5)1-4(15)7(10,11)12/h2,4,15H,1H2. The fraction of sp³-hybridized carbons (Fsp3) is 0.429. The molecule has 0 spiro atoms. The van der Waals surface area contributed by atoms with Crippen LogP contribution in [0.2, 0.25) is 10.3 Å². The van der Waals surface area contributed by atoms with E-state index in [0.29, 0.717) is 0 Å². The van der Waals surface area contributed by atoms with Gasteiger partial charge in [0, 0.05) is 12.0 Å². The fourth-order valence-electron chi connectivity index (χ4n) is 0.849. The number of hydrogen-bond acceptors (Lipinski definition) is 3. The van der Waals surface area contributed by atoms with Crippen molar-refractivity contribution in [3.05, 3.63) is 22.2 Å². The van der Waals surface area contributed by atoms with Crippen LogP contribution in [-0.4, -0.2) is 27.4 Å². The number of aromatic nitrogens is 2. The third-order valence-corrected chi connectivity index (χ3v) is 2.27. The van der Waals surface area contributed by atoms with E-state index in [4.69, 9.17) is 28.3 Å². The second-order valence-corrected chi connectivity index (χ2v) is 3.41. The summed E-state index contributed by atoms with van der Waals surface area (Å²) in [6.07, 6.45) is -6.99. The van der Waals surface area contributed by atoms with E-state index >= 15 is 0 Å². The highest BCUT2D eigenvalue weighted by atomic mass is 35.5. The van der Waals surface area contributed by atoms with Crippen LogP contribution < -0.4 is 0 Å². The number of nitrogens with zero attached hydrogens (tertiary/aromatic N) is 2. The third kappa shape index (κ3) is 3.19. The molecule has 1 rings (SSSR count). The van der Waals surface area contributed by atoms with Crippen LogP contribution in [0.5, 0.6) is 0 Å². The molecule has 0 amide bonds. The summed E-state index contributed by atoms with van der Waals surface area (Å²) in [7, 11) is 0. The maximum Gasteiger partial charge on any atom is 0.414 e. The van der Waals surface area contributed by atoms with Gasteiger partial charge < -0.3 is 5.11 Å². The minimum Gasteiger partial charge on any atom is -0.383 e. The Labute approximate surface area is 92.9 Å². The largest absolute Gasteiger partial charge is 0.414 e. The summed E-state index contributed by atoms with van der Waals surface area (Å²) in [4.78, 5) is 6.93. The van der Waals surface area contributed by atoms with Gasteiger partial charge in [-0.05, 0) is 0 Å². The Morgan fingerprint density at radius 1 is 1.27 bits per heavy atom. The van der Waals surface area contributed by atoms with E-state index in [2.05, 4.69) is 9.97 Å². The highest BCUT2D eigenvalue weighted by Crippen LogP contribution is 2.27. The predicted octanol–water partition coefficient (Wildman–Crippen LogP) is 2.25.